The van der Waals surface area contributed by atoms with Crippen molar-refractivity contribution in [3.8, 4) is 0 Å². The number of amides is 1. The van der Waals surface area contributed by atoms with Gasteiger partial charge in [0.25, 0.3) is 5.91 Å². The molecule has 20 heavy (non-hydrogen) atoms. The number of aromatic nitrogens is 1. The van der Waals surface area contributed by atoms with Crippen molar-refractivity contribution in [2.24, 2.45) is 11.7 Å². The van der Waals surface area contributed by atoms with Crippen molar-refractivity contribution in [3.63, 3.8) is 0 Å². The molecule has 104 valence electrons. The Kier molecular flexibility index (Phi) is 3.40. The van der Waals surface area contributed by atoms with Crippen LogP contribution in [0.15, 0.2) is 36.5 Å². The van der Waals surface area contributed by atoms with E-state index < -0.39 is 0 Å². The number of nitrogens with zero attached hydrogens (tertiary/aromatic N) is 2. The molecule has 1 amide bonds. The molecule has 2 N–H and O–H groups in total. The summed E-state index contributed by atoms with van der Waals surface area (Å²) in [7, 11) is 1.85. The molecule has 1 aliphatic rings. The third kappa shape index (κ3) is 2.27. The zero-order valence-electron chi connectivity index (χ0n) is 11.6. The predicted octanol–water partition coefficient (Wildman–Crippen LogP) is 2.04. The molecular weight excluding hydrogens is 250 g/mol. The van der Waals surface area contributed by atoms with Gasteiger partial charge in [-0.15, -0.1) is 0 Å². The number of pyridine rings is 1. The number of fused-ring (bicyclic) bond motifs is 1. The van der Waals surface area contributed by atoms with Gasteiger partial charge in [-0.3, -0.25) is 9.78 Å². The summed E-state index contributed by atoms with van der Waals surface area (Å²) in [5.41, 5.74) is 7.39. The number of carbonyl (C=O) groups excluding carboxylic acids is 1. The Morgan fingerprint density at radius 3 is 2.90 bits per heavy atom. The van der Waals surface area contributed by atoms with Crippen molar-refractivity contribution in [2.45, 2.75) is 18.9 Å². The summed E-state index contributed by atoms with van der Waals surface area (Å²) in [6.07, 6.45) is 4.10. The van der Waals surface area contributed by atoms with Crippen molar-refractivity contribution in [1.29, 1.82) is 0 Å². The van der Waals surface area contributed by atoms with Gasteiger partial charge >= 0.3 is 0 Å². The van der Waals surface area contributed by atoms with Gasteiger partial charge in [0.15, 0.2) is 0 Å². The molecule has 1 aromatic heterocycles. The molecule has 3 rings (SSSR count). The van der Waals surface area contributed by atoms with Gasteiger partial charge in [-0.2, -0.15) is 0 Å². The molecule has 1 heterocycles. The Labute approximate surface area is 118 Å². The van der Waals surface area contributed by atoms with Crippen molar-refractivity contribution in [1.82, 2.24) is 9.88 Å². The fraction of sp³-hybridized carbons (Fsp3) is 0.375. The summed E-state index contributed by atoms with van der Waals surface area (Å²) in [5.74, 6) is 0.605. The maximum atomic E-state index is 12.7. The van der Waals surface area contributed by atoms with Crippen LogP contribution in [0, 0.1) is 5.92 Å². The quantitative estimate of drug-likeness (QED) is 0.924. The molecule has 1 saturated carbocycles. The largest absolute Gasteiger partial charge is 0.337 e. The topological polar surface area (TPSA) is 59.2 Å². The highest BCUT2D eigenvalue weighted by atomic mass is 16.2. The summed E-state index contributed by atoms with van der Waals surface area (Å²) < 4.78 is 0. The second-order valence-corrected chi connectivity index (χ2v) is 5.43. The van der Waals surface area contributed by atoms with E-state index in [9.17, 15) is 4.79 Å². The summed E-state index contributed by atoms with van der Waals surface area (Å²) in [4.78, 5) is 18.8. The molecule has 2 aromatic rings. The summed E-state index contributed by atoms with van der Waals surface area (Å²) >= 11 is 0. The SMILES string of the molecule is CN(C(=O)c1cccc2ncccc12)C(CN)C1CC1. The third-order valence-electron chi connectivity index (χ3n) is 4.10. The number of hydrogen-bond donors (Lipinski definition) is 1. The minimum atomic E-state index is 0.0333. The molecule has 0 spiro atoms. The highest BCUT2D eigenvalue weighted by molar-refractivity contribution is 6.06. The smallest absolute Gasteiger partial charge is 0.254 e. The van der Waals surface area contributed by atoms with E-state index in [1.165, 1.54) is 12.8 Å². The Hall–Kier alpha value is -1.94. The highest BCUT2D eigenvalue weighted by Crippen LogP contribution is 2.35. The van der Waals surface area contributed by atoms with Crippen LogP contribution in [-0.2, 0) is 0 Å². The second-order valence-electron chi connectivity index (χ2n) is 5.43. The van der Waals surface area contributed by atoms with E-state index in [1.54, 1.807) is 11.1 Å². The lowest BCUT2D eigenvalue weighted by molar-refractivity contribution is 0.0720. The first kappa shape index (κ1) is 13.1. The van der Waals surface area contributed by atoms with Crippen LogP contribution < -0.4 is 5.73 Å². The number of carbonyl (C=O) groups is 1. The van der Waals surface area contributed by atoms with E-state index in [-0.39, 0.29) is 11.9 Å². The first-order valence-electron chi connectivity index (χ1n) is 7.03. The van der Waals surface area contributed by atoms with Crippen LogP contribution in [0.2, 0.25) is 0 Å². The lowest BCUT2D eigenvalue weighted by Crippen LogP contribution is -2.43. The van der Waals surface area contributed by atoms with Gasteiger partial charge in [-0.25, -0.2) is 0 Å². The van der Waals surface area contributed by atoms with Crippen LogP contribution in [0.3, 0.4) is 0 Å². The van der Waals surface area contributed by atoms with Crippen LogP contribution in [0.25, 0.3) is 10.9 Å². The molecule has 1 unspecified atom stereocenters. The maximum absolute atomic E-state index is 12.7. The normalized spacial score (nSPS) is 16.1. The molecular formula is C16H19N3O. The van der Waals surface area contributed by atoms with Crippen LogP contribution in [0.4, 0.5) is 0 Å². The lowest BCUT2D eigenvalue weighted by Gasteiger charge is -2.27. The molecule has 0 saturated heterocycles. The minimum absolute atomic E-state index is 0.0333. The van der Waals surface area contributed by atoms with Crippen molar-refractivity contribution in [2.75, 3.05) is 13.6 Å². The van der Waals surface area contributed by atoms with Crippen LogP contribution in [0.5, 0.6) is 0 Å². The Morgan fingerprint density at radius 1 is 1.40 bits per heavy atom. The van der Waals surface area contributed by atoms with Crippen molar-refractivity contribution in [3.05, 3.63) is 42.1 Å². The molecule has 0 bridgehead atoms. The number of hydrogen-bond acceptors (Lipinski definition) is 3. The molecule has 1 atom stereocenters. The van der Waals surface area contributed by atoms with E-state index >= 15 is 0 Å². The summed E-state index contributed by atoms with van der Waals surface area (Å²) in [5, 5.41) is 0.901. The molecule has 0 aliphatic heterocycles. The van der Waals surface area contributed by atoms with Gasteiger partial charge in [-0.1, -0.05) is 12.1 Å². The van der Waals surface area contributed by atoms with Gasteiger partial charge in [0.1, 0.15) is 0 Å². The van der Waals surface area contributed by atoms with Gasteiger partial charge in [0.2, 0.25) is 0 Å². The fourth-order valence-electron chi connectivity index (χ4n) is 2.78. The number of likely N-dealkylation sites (N-methyl/N-ethyl adjacent to an activating group) is 1. The first-order chi connectivity index (χ1) is 9.72. The van der Waals surface area contributed by atoms with Gasteiger partial charge < -0.3 is 10.6 Å². The number of nitrogens with two attached hydrogens (primary N) is 1. The van der Waals surface area contributed by atoms with Gasteiger partial charge in [0, 0.05) is 36.8 Å². The molecule has 4 heteroatoms. The van der Waals surface area contributed by atoms with Gasteiger partial charge in [-0.05, 0) is 37.0 Å². The van der Waals surface area contributed by atoms with Crippen molar-refractivity contribution < 1.29 is 4.79 Å². The average Bonchev–Trinajstić information content (AvgIpc) is 3.31. The number of rotatable bonds is 4. The summed E-state index contributed by atoms with van der Waals surface area (Å²) in [6.45, 7) is 0.524. The average molecular weight is 269 g/mol. The predicted molar refractivity (Wildman–Crippen MR) is 79.4 cm³/mol. The van der Waals surface area contributed by atoms with Crippen LogP contribution >= 0.6 is 0 Å². The molecule has 1 aliphatic carbocycles. The molecule has 4 nitrogen and oxygen atoms in total. The highest BCUT2D eigenvalue weighted by Gasteiger charge is 2.35. The Balaban J connectivity index is 1.95. The first-order valence-corrected chi connectivity index (χ1v) is 7.03. The summed E-state index contributed by atoms with van der Waals surface area (Å²) in [6, 6.07) is 9.62. The minimum Gasteiger partial charge on any atom is -0.337 e. The molecule has 1 aromatic carbocycles. The standard InChI is InChI=1S/C16H19N3O/c1-19(15(10-17)11-7-8-11)16(20)13-4-2-6-14-12(13)5-3-9-18-14/h2-6,9,11,15H,7-8,10,17H2,1H3. The Bertz CT molecular complexity index is 631. The zero-order chi connectivity index (χ0) is 14.1. The molecule has 0 radical (unpaired) electrons. The zero-order valence-corrected chi connectivity index (χ0v) is 11.6. The second kappa shape index (κ2) is 5.21. The maximum Gasteiger partial charge on any atom is 0.254 e. The van der Waals surface area contributed by atoms with E-state index in [4.69, 9.17) is 5.73 Å². The van der Waals surface area contributed by atoms with Crippen LogP contribution in [0.1, 0.15) is 23.2 Å². The Morgan fingerprint density at radius 2 is 2.20 bits per heavy atom. The van der Waals surface area contributed by atoms with Crippen molar-refractivity contribution >= 4 is 16.8 Å². The van der Waals surface area contributed by atoms with E-state index in [0.29, 0.717) is 18.0 Å². The number of benzene rings is 1. The lowest BCUT2D eigenvalue weighted by atomic mass is 10.1. The monoisotopic (exact) mass is 269 g/mol. The third-order valence-corrected chi connectivity index (χ3v) is 4.10. The van der Waals surface area contributed by atoms with Crippen LogP contribution in [-0.4, -0.2) is 35.4 Å². The molecule has 1 fully saturated rings. The fourth-order valence-corrected chi connectivity index (χ4v) is 2.78. The van der Waals surface area contributed by atoms with E-state index in [2.05, 4.69) is 4.98 Å². The van der Waals surface area contributed by atoms with E-state index in [1.807, 2.05) is 37.4 Å². The van der Waals surface area contributed by atoms with E-state index in [0.717, 1.165) is 10.9 Å². The van der Waals surface area contributed by atoms with Gasteiger partial charge in [0.05, 0.1) is 5.52 Å².